The monoisotopic (exact) mass is 460 g/mol. The minimum absolute atomic E-state index is 0.0433. The van der Waals surface area contributed by atoms with Crippen molar-refractivity contribution in [1.29, 1.82) is 0 Å². The zero-order chi connectivity index (χ0) is 23.1. The topological polar surface area (TPSA) is 103 Å². The van der Waals surface area contributed by atoms with Gasteiger partial charge >= 0.3 is 5.97 Å². The van der Waals surface area contributed by atoms with Gasteiger partial charge in [0.1, 0.15) is 12.9 Å². The van der Waals surface area contributed by atoms with Crippen LogP contribution in [0.2, 0.25) is 0 Å². The van der Waals surface area contributed by atoms with Crippen LogP contribution in [0.1, 0.15) is 33.2 Å². The molecule has 6 rings (SSSR count). The SMILES string of the molecule is O=C1OCc2cc([C@@H]3CN4CCN(C(=O)Cc5ccc(-n6cnnn6)cc5)C[C@H]4CO3)ccc21. The third-order valence-electron chi connectivity index (χ3n) is 6.83. The van der Waals surface area contributed by atoms with E-state index in [0.717, 1.165) is 35.5 Å². The second-order valence-corrected chi connectivity index (χ2v) is 8.90. The van der Waals surface area contributed by atoms with Gasteiger partial charge in [-0.2, -0.15) is 0 Å². The number of fused-ring (bicyclic) bond motifs is 2. The van der Waals surface area contributed by atoms with Crippen molar-refractivity contribution in [2.75, 3.05) is 32.8 Å². The lowest BCUT2D eigenvalue weighted by atomic mass is 9.99. The third kappa shape index (κ3) is 3.95. The molecule has 0 radical (unpaired) electrons. The van der Waals surface area contributed by atoms with Gasteiger partial charge in [-0.15, -0.1) is 5.10 Å². The van der Waals surface area contributed by atoms with Gasteiger partial charge < -0.3 is 14.4 Å². The summed E-state index contributed by atoms with van der Waals surface area (Å²) in [6.07, 6.45) is 1.86. The van der Waals surface area contributed by atoms with Crippen molar-refractivity contribution in [3.05, 3.63) is 71.0 Å². The summed E-state index contributed by atoms with van der Waals surface area (Å²) >= 11 is 0. The first kappa shape index (κ1) is 20.9. The molecule has 0 aliphatic carbocycles. The number of aromatic nitrogens is 4. The van der Waals surface area contributed by atoms with Crippen LogP contribution >= 0.6 is 0 Å². The molecule has 10 heteroatoms. The van der Waals surface area contributed by atoms with Gasteiger partial charge in [-0.25, -0.2) is 9.48 Å². The highest BCUT2D eigenvalue weighted by Gasteiger charge is 2.36. The lowest BCUT2D eigenvalue weighted by molar-refractivity contribution is -0.139. The number of carbonyl (C=O) groups excluding carboxylic acids is 2. The second-order valence-electron chi connectivity index (χ2n) is 8.90. The van der Waals surface area contributed by atoms with Crippen LogP contribution in [-0.4, -0.2) is 80.7 Å². The van der Waals surface area contributed by atoms with E-state index in [9.17, 15) is 9.59 Å². The first-order valence-corrected chi connectivity index (χ1v) is 11.4. The second kappa shape index (κ2) is 8.62. The van der Waals surface area contributed by atoms with Crippen molar-refractivity contribution < 1.29 is 19.1 Å². The standard InChI is InChI=1S/C24H24N6O4/c31-23(9-16-1-4-19(5-2-16)30-15-25-26-27-30)29-8-7-28-12-22(33-14-20(28)11-29)17-3-6-21-18(10-17)13-34-24(21)32/h1-6,10,15,20,22H,7-9,11-14H2/t20-,22-/m0/s1. The molecule has 2 atom stereocenters. The van der Waals surface area contributed by atoms with Gasteiger partial charge in [0.15, 0.2) is 0 Å². The number of tetrazole rings is 1. The molecular formula is C24H24N6O4. The van der Waals surface area contributed by atoms with E-state index in [0.29, 0.717) is 38.3 Å². The maximum absolute atomic E-state index is 13.0. The fourth-order valence-corrected chi connectivity index (χ4v) is 4.90. The van der Waals surface area contributed by atoms with Crippen LogP contribution in [0.5, 0.6) is 0 Å². The number of ether oxygens (including phenoxy) is 2. The average molecular weight is 460 g/mol. The average Bonchev–Trinajstić information content (AvgIpc) is 3.54. The Bertz CT molecular complexity index is 1210. The highest BCUT2D eigenvalue weighted by molar-refractivity contribution is 5.93. The molecule has 174 valence electrons. The molecule has 2 fully saturated rings. The van der Waals surface area contributed by atoms with E-state index in [4.69, 9.17) is 9.47 Å². The Hall–Kier alpha value is -3.63. The predicted molar refractivity (Wildman–Crippen MR) is 119 cm³/mol. The van der Waals surface area contributed by atoms with Crippen molar-refractivity contribution in [2.45, 2.75) is 25.2 Å². The molecule has 0 bridgehead atoms. The van der Waals surface area contributed by atoms with Gasteiger partial charge in [0.05, 0.1) is 36.4 Å². The summed E-state index contributed by atoms with van der Waals surface area (Å²) in [6, 6.07) is 13.7. The van der Waals surface area contributed by atoms with Crippen LogP contribution in [0, 0.1) is 0 Å². The highest BCUT2D eigenvalue weighted by Crippen LogP contribution is 2.30. The van der Waals surface area contributed by atoms with Crippen molar-refractivity contribution in [3.63, 3.8) is 0 Å². The molecule has 1 amide bonds. The van der Waals surface area contributed by atoms with Crippen molar-refractivity contribution in [1.82, 2.24) is 30.0 Å². The molecule has 0 unspecified atom stereocenters. The van der Waals surface area contributed by atoms with Crippen molar-refractivity contribution in [2.24, 2.45) is 0 Å². The number of morpholine rings is 1. The number of rotatable bonds is 4. The van der Waals surface area contributed by atoms with E-state index in [1.54, 1.807) is 4.68 Å². The van der Waals surface area contributed by atoms with E-state index in [2.05, 4.69) is 20.4 Å². The first-order chi connectivity index (χ1) is 16.6. The quantitative estimate of drug-likeness (QED) is 0.535. The van der Waals surface area contributed by atoms with Gasteiger partial charge in [-0.1, -0.05) is 18.2 Å². The third-order valence-corrected chi connectivity index (χ3v) is 6.83. The first-order valence-electron chi connectivity index (χ1n) is 11.4. The minimum atomic E-state index is -0.254. The van der Waals surface area contributed by atoms with E-state index >= 15 is 0 Å². The molecular weight excluding hydrogens is 436 g/mol. The fourth-order valence-electron chi connectivity index (χ4n) is 4.90. The molecule has 3 aliphatic rings. The van der Waals surface area contributed by atoms with Crippen molar-refractivity contribution >= 4 is 11.9 Å². The van der Waals surface area contributed by atoms with Gasteiger partial charge in [-0.05, 0) is 45.8 Å². The van der Waals surface area contributed by atoms with E-state index < -0.39 is 0 Å². The van der Waals surface area contributed by atoms with Crippen LogP contribution < -0.4 is 0 Å². The van der Waals surface area contributed by atoms with Gasteiger partial charge in [-0.3, -0.25) is 9.69 Å². The van der Waals surface area contributed by atoms with Crippen LogP contribution in [0.3, 0.4) is 0 Å². The molecule has 1 aromatic heterocycles. The van der Waals surface area contributed by atoms with E-state index in [1.807, 2.05) is 47.4 Å². The zero-order valence-electron chi connectivity index (χ0n) is 18.5. The lowest BCUT2D eigenvalue weighted by Crippen LogP contribution is -2.59. The molecule has 3 aliphatic heterocycles. The number of benzene rings is 2. The molecule has 4 heterocycles. The Labute approximate surface area is 196 Å². The summed E-state index contributed by atoms with van der Waals surface area (Å²) in [4.78, 5) is 29.0. The summed E-state index contributed by atoms with van der Waals surface area (Å²) in [5.74, 6) is -0.129. The Morgan fingerprint density at radius 1 is 1.09 bits per heavy atom. The van der Waals surface area contributed by atoms with Crippen LogP contribution in [0.15, 0.2) is 48.8 Å². The summed E-state index contributed by atoms with van der Waals surface area (Å²) in [5.41, 5.74) is 4.46. The Morgan fingerprint density at radius 3 is 2.79 bits per heavy atom. The predicted octanol–water partition coefficient (Wildman–Crippen LogP) is 1.16. The van der Waals surface area contributed by atoms with E-state index in [1.165, 1.54) is 6.33 Å². The van der Waals surface area contributed by atoms with E-state index in [-0.39, 0.29) is 24.0 Å². The van der Waals surface area contributed by atoms with Crippen molar-refractivity contribution in [3.8, 4) is 5.69 Å². The van der Waals surface area contributed by atoms with Crippen LogP contribution in [0.4, 0.5) is 0 Å². The maximum atomic E-state index is 13.0. The summed E-state index contributed by atoms with van der Waals surface area (Å²) in [6.45, 7) is 3.87. The normalized spacial score (nSPS) is 22.2. The van der Waals surface area contributed by atoms with Gasteiger partial charge in [0.2, 0.25) is 5.91 Å². The maximum Gasteiger partial charge on any atom is 0.338 e. The molecule has 2 saturated heterocycles. The number of amides is 1. The summed E-state index contributed by atoms with van der Waals surface area (Å²) in [5, 5.41) is 11.2. The van der Waals surface area contributed by atoms with Crippen LogP contribution in [-0.2, 0) is 27.3 Å². The molecule has 2 aromatic carbocycles. The minimum Gasteiger partial charge on any atom is -0.457 e. The molecule has 3 aromatic rings. The number of nitrogens with zero attached hydrogens (tertiary/aromatic N) is 6. The lowest BCUT2D eigenvalue weighted by Gasteiger charge is -2.46. The number of piperazine rings is 1. The zero-order valence-corrected chi connectivity index (χ0v) is 18.5. The largest absolute Gasteiger partial charge is 0.457 e. The summed E-state index contributed by atoms with van der Waals surface area (Å²) in [7, 11) is 0. The Kier molecular flexibility index (Phi) is 5.31. The molecule has 10 nitrogen and oxygen atoms in total. The number of esters is 1. The Morgan fingerprint density at radius 2 is 1.97 bits per heavy atom. The fraction of sp³-hybridized carbons (Fsp3) is 0.375. The molecule has 0 N–H and O–H groups in total. The number of hydrogen-bond acceptors (Lipinski definition) is 8. The van der Waals surface area contributed by atoms with Crippen LogP contribution in [0.25, 0.3) is 5.69 Å². The Balaban J connectivity index is 1.05. The smallest absolute Gasteiger partial charge is 0.338 e. The molecule has 0 saturated carbocycles. The number of cyclic esters (lactones) is 1. The van der Waals surface area contributed by atoms with Gasteiger partial charge in [0, 0.05) is 31.7 Å². The summed E-state index contributed by atoms with van der Waals surface area (Å²) < 4.78 is 12.9. The van der Waals surface area contributed by atoms with Gasteiger partial charge in [0.25, 0.3) is 0 Å². The highest BCUT2D eigenvalue weighted by atomic mass is 16.5. The number of carbonyl (C=O) groups is 2. The molecule has 0 spiro atoms. The number of hydrogen-bond donors (Lipinski definition) is 0. The molecule has 34 heavy (non-hydrogen) atoms.